The number of alkyl halides is 1. The molecule has 2 aromatic rings. The first kappa shape index (κ1) is 13.4. The Morgan fingerprint density at radius 2 is 2.30 bits per heavy atom. The van der Waals surface area contributed by atoms with Crippen LogP contribution in [0, 0.1) is 6.92 Å². The highest BCUT2D eigenvalue weighted by molar-refractivity contribution is 6.16. The van der Waals surface area contributed by atoms with Crippen molar-refractivity contribution in [3.05, 3.63) is 11.5 Å². The maximum absolute atomic E-state index is 11.3. The van der Waals surface area contributed by atoms with Gasteiger partial charge in [-0.05, 0) is 20.3 Å². The lowest BCUT2D eigenvalue weighted by molar-refractivity contribution is -0.122. The fourth-order valence-corrected chi connectivity index (χ4v) is 3.06. The van der Waals surface area contributed by atoms with Crippen LogP contribution in [-0.2, 0) is 17.2 Å². The van der Waals surface area contributed by atoms with Crippen LogP contribution < -0.4 is 5.32 Å². The second-order valence-corrected chi connectivity index (χ2v) is 5.37. The summed E-state index contributed by atoms with van der Waals surface area (Å²) < 4.78 is 4.12. The van der Waals surface area contributed by atoms with E-state index in [-0.39, 0.29) is 11.9 Å². The molecule has 1 aliphatic heterocycles. The molecule has 3 rings (SSSR count). The number of aromatic nitrogens is 4. The summed E-state index contributed by atoms with van der Waals surface area (Å²) in [7, 11) is 0. The first-order valence-electron chi connectivity index (χ1n) is 6.92. The molecule has 108 valence electrons. The molecular weight excluding hydrogens is 278 g/mol. The minimum atomic E-state index is 0.116. The van der Waals surface area contributed by atoms with E-state index >= 15 is 0 Å². The summed E-state index contributed by atoms with van der Waals surface area (Å²) in [6.07, 6.45) is 1.36. The van der Waals surface area contributed by atoms with Gasteiger partial charge >= 0.3 is 0 Å². The molecule has 2 aromatic heterocycles. The van der Waals surface area contributed by atoms with E-state index < -0.39 is 0 Å². The SMILES string of the molecule is CCn1nc(C)c2nc(CCl)n(C3CCC(=O)NC3)c21. The number of carbonyl (C=O) groups is 1. The Hall–Kier alpha value is -1.56. The van der Waals surface area contributed by atoms with Crippen LogP contribution in [0.3, 0.4) is 0 Å². The number of hydrogen-bond acceptors (Lipinski definition) is 3. The minimum absolute atomic E-state index is 0.116. The molecule has 0 bridgehead atoms. The van der Waals surface area contributed by atoms with Crippen molar-refractivity contribution in [2.75, 3.05) is 6.54 Å². The van der Waals surface area contributed by atoms with Gasteiger partial charge in [0.05, 0.1) is 17.6 Å². The molecular formula is C13H18ClN5O. The molecule has 1 amide bonds. The maximum atomic E-state index is 11.3. The smallest absolute Gasteiger partial charge is 0.220 e. The number of fused-ring (bicyclic) bond motifs is 1. The van der Waals surface area contributed by atoms with Crippen molar-refractivity contribution in [1.29, 1.82) is 0 Å². The first-order chi connectivity index (χ1) is 9.65. The number of imidazole rings is 1. The van der Waals surface area contributed by atoms with Gasteiger partial charge in [-0.1, -0.05) is 0 Å². The topological polar surface area (TPSA) is 64.7 Å². The molecule has 1 saturated heterocycles. The van der Waals surface area contributed by atoms with Crippen LogP contribution in [0.5, 0.6) is 0 Å². The summed E-state index contributed by atoms with van der Waals surface area (Å²) in [5.74, 6) is 1.33. The Morgan fingerprint density at radius 1 is 1.50 bits per heavy atom. The molecule has 3 heterocycles. The van der Waals surface area contributed by atoms with Crippen molar-refractivity contribution in [1.82, 2.24) is 24.6 Å². The summed E-state index contributed by atoms with van der Waals surface area (Å²) >= 11 is 6.06. The summed E-state index contributed by atoms with van der Waals surface area (Å²) in [6, 6.07) is 0.202. The van der Waals surface area contributed by atoms with Gasteiger partial charge in [0.15, 0.2) is 5.65 Å². The van der Waals surface area contributed by atoms with E-state index in [1.54, 1.807) is 0 Å². The molecule has 0 spiro atoms. The minimum Gasteiger partial charge on any atom is -0.354 e. The largest absolute Gasteiger partial charge is 0.354 e. The van der Waals surface area contributed by atoms with Crippen molar-refractivity contribution in [2.45, 2.75) is 45.2 Å². The third kappa shape index (κ3) is 1.98. The lowest BCUT2D eigenvalue weighted by Gasteiger charge is -2.25. The fourth-order valence-electron chi connectivity index (χ4n) is 2.87. The molecule has 0 aromatic carbocycles. The number of amides is 1. The molecule has 0 aliphatic carbocycles. The van der Waals surface area contributed by atoms with Gasteiger partial charge in [0.1, 0.15) is 11.3 Å². The van der Waals surface area contributed by atoms with Gasteiger partial charge in [-0.25, -0.2) is 9.67 Å². The average molecular weight is 296 g/mol. The molecule has 0 radical (unpaired) electrons. The summed E-state index contributed by atoms with van der Waals surface area (Å²) in [5, 5.41) is 7.44. The number of aryl methyl sites for hydroxylation is 2. The Balaban J connectivity index is 2.14. The number of hydrogen-bond donors (Lipinski definition) is 1. The second-order valence-electron chi connectivity index (χ2n) is 5.10. The quantitative estimate of drug-likeness (QED) is 0.878. The van der Waals surface area contributed by atoms with Crippen LogP contribution >= 0.6 is 11.6 Å². The standard InChI is InChI=1S/C13H18ClN5O/c1-3-18-13-12(8(2)17-18)16-10(6-14)19(13)9-4-5-11(20)15-7-9/h9H,3-7H2,1-2H3,(H,15,20). The second kappa shape index (κ2) is 5.09. The van der Waals surface area contributed by atoms with Crippen LogP contribution in [0.4, 0.5) is 0 Å². The number of halogens is 1. The van der Waals surface area contributed by atoms with Crippen molar-refractivity contribution in [2.24, 2.45) is 0 Å². The molecule has 6 nitrogen and oxygen atoms in total. The Morgan fingerprint density at radius 3 is 2.90 bits per heavy atom. The normalized spacial score (nSPS) is 19.6. The zero-order chi connectivity index (χ0) is 14.3. The number of nitrogens with zero attached hydrogens (tertiary/aromatic N) is 4. The molecule has 1 fully saturated rings. The van der Waals surface area contributed by atoms with Gasteiger partial charge in [-0.2, -0.15) is 5.10 Å². The van der Waals surface area contributed by atoms with Crippen LogP contribution in [0.25, 0.3) is 11.2 Å². The van der Waals surface area contributed by atoms with E-state index in [0.29, 0.717) is 18.8 Å². The number of nitrogens with one attached hydrogen (secondary N) is 1. The maximum Gasteiger partial charge on any atom is 0.220 e. The Labute approximate surface area is 122 Å². The summed E-state index contributed by atoms with van der Waals surface area (Å²) in [5.41, 5.74) is 2.85. The highest BCUT2D eigenvalue weighted by atomic mass is 35.5. The number of rotatable bonds is 3. The van der Waals surface area contributed by atoms with Gasteiger partial charge in [0.25, 0.3) is 0 Å². The molecule has 1 unspecified atom stereocenters. The predicted molar refractivity (Wildman–Crippen MR) is 76.8 cm³/mol. The predicted octanol–water partition coefficient (Wildman–Crippen LogP) is 1.75. The average Bonchev–Trinajstić information content (AvgIpc) is 2.97. The van der Waals surface area contributed by atoms with E-state index in [9.17, 15) is 4.79 Å². The van der Waals surface area contributed by atoms with Crippen LogP contribution in [0.1, 0.15) is 37.3 Å². The van der Waals surface area contributed by atoms with E-state index in [1.807, 2.05) is 11.6 Å². The lowest BCUT2D eigenvalue weighted by atomic mass is 10.1. The fraction of sp³-hybridized carbons (Fsp3) is 0.615. The number of piperidine rings is 1. The van der Waals surface area contributed by atoms with Crippen molar-refractivity contribution < 1.29 is 4.79 Å². The van der Waals surface area contributed by atoms with E-state index in [2.05, 4.69) is 26.9 Å². The molecule has 1 N–H and O–H groups in total. The highest BCUT2D eigenvalue weighted by Gasteiger charge is 2.26. The van der Waals surface area contributed by atoms with E-state index in [4.69, 9.17) is 11.6 Å². The van der Waals surface area contributed by atoms with Gasteiger partial charge < -0.3 is 9.88 Å². The first-order valence-corrected chi connectivity index (χ1v) is 7.46. The molecule has 1 atom stereocenters. The zero-order valence-corrected chi connectivity index (χ0v) is 12.4. The Kier molecular flexibility index (Phi) is 3.41. The third-order valence-corrected chi connectivity index (χ3v) is 4.08. The summed E-state index contributed by atoms with van der Waals surface area (Å²) in [4.78, 5) is 16.0. The van der Waals surface area contributed by atoms with Crippen LogP contribution in [0.15, 0.2) is 0 Å². The molecule has 0 saturated carbocycles. The molecule has 7 heteroatoms. The molecule has 20 heavy (non-hydrogen) atoms. The lowest BCUT2D eigenvalue weighted by Crippen LogP contribution is -2.36. The third-order valence-electron chi connectivity index (χ3n) is 3.84. The van der Waals surface area contributed by atoms with Crippen LogP contribution in [0.2, 0.25) is 0 Å². The van der Waals surface area contributed by atoms with E-state index in [1.165, 1.54) is 0 Å². The molecule has 1 aliphatic rings. The number of carbonyl (C=O) groups excluding carboxylic acids is 1. The highest BCUT2D eigenvalue weighted by Crippen LogP contribution is 2.28. The Bertz CT molecular complexity index is 649. The van der Waals surface area contributed by atoms with Gasteiger partial charge in [0, 0.05) is 19.5 Å². The van der Waals surface area contributed by atoms with Gasteiger partial charge in [0.2, 0.25) is 5.91 Å². The van der Waals surface area contributed by atoms with Gasteiger partial charge in [-0.15, -0.1) is 11.6 Å². The van der Waals surface area contributed by atoms with Crippen LogP contribution in [-0.4, -0.2) is 31.8 Å². The van der Waals surface area contributed by atoms with E-state index in [0.717, 1.165) is 35.6 Å². The van der Waals surface area contributed by atoms with Crippen molar-refractivity contribution >= 4 is 28.7 Å². The van der Waals surface area contributed by atoms with Crippen molar-refractivity contribution in [3.8, 4) is 0 Å². The zero-order valence-electron chi connectivity index (χ0n) is 11.7. The summed E-state index contributed by atoms with van der Waals surface area (Å²) in [6.45, 7) is 5.44. The van der Waals surface area contributed by atoms with Gasteiger partial charge in [-0.3, -0.25) is 4.79 Å². The van der Waals surface area contributed by atoms with Crippen molar-refractivity contribution in [3.63, 3.8) is 0 Å². The monoisotopic (exact) mass is 295 g/mol.